The quantitative estimate of drug-likeness (QED) is 0.407. The van der Waals surface area contributed by atoms with Gasteiger partial charge in [0, 0.05) is 27.6 Å². The number of nitro groups is 1. The zero-order valence-corrected chi connectivity index (χ0v) is 12.0. The van der Waals surface area contributed by atoms with Crippen molar-refractivity contribution in [2.75, 3.05) is 6.61 Å². The average Bonchev–Trinajstić information content (AvgIpc) is 2.91. The number of hydrogen-bond donors (Lipinski definition) is 1. The Labute approximate surface area is 124 Å². The average molecular weight is 305 g/mol. The van der Waals surface area contributed by atoms with Crippen molar-refractivity contribution in [1.82, 2.24) is 0 Å². The molecule has 102 valence electrons. The van der Waals surface area contributed by atoms with Crippen LogP contribution < -0.4 is 0 Å². The van der Waals surface area contributed by atoms with Gasteiger partial charge in [-0.15, -0.1) is 23.1 Å². The van der Waals surface area contributed by atoms with Crippen LogP contribution in [0.1, 0.15) is 10.4 Å². The van der Waals surface area contributed by atoms with Crippen LogP contribution >= 0.6 is 23.1 Å². The Bertz CT molecular complexity index is 670. The van der Waals surface area contributed by atoms with Crippen LogP contribution in [-0.2, 0) is 5.75 Å². The van der Waals surface area contributed by atoms with E-state index in [4.69, 9.17) is 5.11 Å². The van der Waals surface area contributed by atoms with Crippen LogP contribution in [0.4, 0.5) is 5.69 Å². The number of nitro benzene ring substituents is 1. The van der Waals surface area contributed by atoms with E-state index in [1.807, 2.05) is 11.4 Å². The summed E-state index contributed by atoms with van der Waals surface area (Å²) in [5.74, 6) is 6.09. The molecule has 0 aliphatic carbocycles. The summed E-state index contributed by atoms with van der Waals surface area (Å²) >= 11 is 3.00. The molecule has 0 aliphatic rings. The third-order valence-electron chi connectivity index (χ3n) is 2.40. The van der Waals surface area contributed by atoms with Crippen LogP contribution in [0.25, 0.3) is 0 Å². The third-order valence-corrected chi connectivity index (χ3v) is 4.63. The number of hydrogen-bond acceptors (Lipinski definition) is 5. The van der Waals surface area contributed by atoms with E-state index in [0.717, 1.165) is 10.4 Å². The van der Waals surface area contributed by atoms with Gasteiger partial charge in [0.15, 0.2) is 0 Å². The summed E-state index contributed by atoms with van der Waals surface area (Å²) in [7, 11) is 0. The lowest BCUT2D eigenvalue weighted by molar-refractivity contribution is -0.387. The highest BCUT2D eigenvalue weighted by Crippen LogP contribution is 2.32. The second-order valence-corrected chi connectivity index (χ2v) is 5.79. The highest BCUT2D eigenvalue weighted by Gasteiger charge is 2.12. The number of para-hydroxylation sites is 1. The fraction of sp³-hybridized carbons (Fsp3) is 0.143. The number of rotatable bonds is 4. The van der Waals surface area contributed by atoms with Crippen LogP contribution in [0.5, 0.6) is 0 Å². The SMILES string of the molecule is O=[N+]([O-])c1ccccc1SCc1cc(C#CCO)cs1. The molecule has 0 spiro atoms. The van der Waals surface area contributed by atoms with Gasteiger partial charge < -0.3 is 5.11 Å². The molecular weight excluding hydrogens is 294 g/mol. The molecule has 0 bridgehead atoms. The second kappa shape index (κ2) is 7.10. The molecule has 1 N–H and O–H groups in total. The van der Waals surface area contributed by atoms with E-state index in [0.29, 0.717) is 10.6 Å². The molecule has 20 heavy (non-hydrogen) atoms. The lowest BCUT2D eigenvalue weighted by Gasteiger charge is -2.00. The van der Waals surface area contributed by atoms with Crippen molar-refractivity contribution in [3.8, 4) is 11.8 Å². The predicted molar refractivity (Wildman–Crippen MR) is 80.9 cm³/mol. The summed E-state index contributed by atoms with van der Waals surface area (Å²) in [6.45, 7) is -0.157. The molecule has 2 rings (SSSR count). The number of benzene rings is 1. The van der Waals surface area contributed by atoms with Crippen molar-refractivity contribution in [2.45, 2.75) is 10.6 Å². The smallest absolute Gasteiger partial charge is 0.282 e. The summed E-state index contributed by atoms with van der Waals surface area (Å²) < 4.78 is 0. The molecule has 0 radical (unpaired) electrons. The molecule has 0 unspecified atom stereocenters. The number of thiophene rings is 1. The number of thioether (sulfide) groups is 1. The highest BCUT2D eigenvalue weighted by molar-refractivity contribution is 7.98. The molecule has 0 atom stereocenters. The van der Waals surface area contributed by atoms with E-state index >= 15 is 0 Å². The monoisotopic (exact) mass is 305 g/mol. The highest BCUT2D eigenvalue weighted by atomic mass is 32.2. The molecule has 0 saturated carbocycles. The Kier molecular flexibility index (Phi) is 5.18. The Morgan fingerprint density at radius 2 is 2.20 bits per heavy atom. The van der Waals surface area contributed by atoms with Crippen LogP contribution in [-0.4, -0.2) is 16.6 Å². The van der Waals surface area contributed by atoms with Crippen molar-refractivity contribution >= 4 is 28.8 Å². The van der Waals surface area contributed by atoms with Crippen molar-refractivity contribution in [2.24, 2.45) is 0 Å². The molecule has 6 heteroatoms. The van der Waals surface area contributed by atoms with Crippen molar-refractivity contribution in [3.63, 3.8) is 0 Å². The fourth-order valence-electron chi connectivity index (χ4n) is 1.54. The van der Waals surface area contributed by atoms with Gasteiger partial charge in [-0.05, 0) is 12.1 Å². The number of aliphatic hydroxyl groups excluding tert-OH is 1. The summed E-state index contributed by atoms with van der Waals surface area (Å²) in [6.07, 6.45) is 0. The van der Waals surface area contributed by atoms with Gasteiger partial charge in [-0.1, -0.05) is 24.0 Å². The van der Waals surface area contributed by atoms with E-state index in [1.165, 1.54) is 17.8 Å². The molecule has 1 aromatic heterocycles. The molecule has 1 heterocycles. The standard InChI is InChI=1S/C14H11NO3S2/c16-7-3-4-11-8-12(19-9-11)10-20-14-6-2-1-5-13(14)15(17)18/h1-2,5-6,8-9,16H,7,10H2. The Hall–Kier alpha value is -1.81. The van der Waals surface area contributed by atoms with Crippen molar-refractivity contribution < 1.29 is 10.0 Å². The number of nitrogens with zero attached hydrogens (tertiary/aromatic N) is 1. The summed E-state index contributed by atoms with van der Waals surface area (Å²) in [4.78, 5) is 12.3. The minimum atomic E-state index is -0.366. The Morgan fingerprint density at radius 3 is 2.95 bits per heavy atom. The van der Waals surface area contributed by atoms with Gasteiger partial charge in [0.2, 0.25) is 0 Å². The molecule has 0 amide bonds. The van der Waals surface area contributed by atoms with Crippen LogP contribution in [0.2, 0.25) is 0 Å². The first-order valence-electron chi connectivity index (χ1n) is 5.74. The Balaban J connectivity index is 2.05. The maximum absolute atomic E-state index is 10.9. The molecule has 4 nitrogen and oxygen atoms in total. The zero-order chi connectivity index (χ0) is 14.4. The molecular formula is C14H11NO3S2. The van der Waals surface area contributed by atoms with Gasteiger partial charge in [-0.3, -0.25) is 10.1 Å². The lowest BCUT2D eigenvalue weighted by atomic mass is 10.3. The first-order valence-corrected chi connectivity index (χ1v) is 7.60. The van der Waals surface area contributed by atoms with Crippen LogP contribution in [0.15, 0.2) is 40.6 Å². The fourth-order valence-corrected chi connectivity index (χ4v) is 3.44. The second-order valence-electron chi connectivity index (χ2n) is 3.78. The van der Waals surface area contributed by atoms with Crippen LogP contribution in [0, 0.1) is 22.0 Å². The first kappa shape index (κ1) is 14.6. The normalized spacial score (nSPS) is 9.85. The zero-order valence-electron chi connectivity index (χ0n) is 10.4. The Morgan fingerprint density at radius 1 is 1.40 bits per heavy atom. The van der Waals surface area contributed by atoms with E-state index in [1.54, 1.807) is 29.5 Å². The maximum atomic E-state index is 10.9. The summed E-state index contributed by atoms with van der Waals surface area (Å²) in [6, 6.07) is 8.66. The van der Waals surface area contributed by atoms with E-state index < -0.39 is 0 Å². The van der Waals surface area contributed by atoms with E-state index in [9.17, 15) is 10.1 Å². The van der Waals surface area contributed by atoms with Crippen LogP contribution in [0.3, 0.4) is 0 Å². The van der Waals surface area contributed by atoms with Gasteiger partial charge in [0.05, 0.1) is 9.82 Å². The third kappa shape index (κ3) is 3.84. The van der Waals surface area contributed by atoms with Gasteiger partial charge in [0.1, 0.15) is 6.61 Å². The van der Waals surface area contributed by atoms with Gasteiger partial charge in [-0.25, -0.2) is 0 Å². The topological polar surface area (TPSA) is 63.4 Å². The predicted octanol–water partition coefficient (Wildman–Crippen LogP) is 3.29. The van der Waals surface area contributed by atoms with E-state index in [-0.39, 0.29) is 17.2 Å². The maximum Gasteiger partial charge on any atom is 0.282 e. The largest absolute Gasteiger partial charge is 0.384 e. The molecule has 0 fully saturated rings. The number of aliphatic hydroxyl groups is 1. The van der Waals surface area contributed by atoms with Gasteiger partial charge in [0.25, 0.3) is 5.69 Å². The minimum Gasteiger partial charge on any atom is -0.384 e. The lowest BCUT2D eigenvalue weighted by Crippen LogP contribution is -1.90. The van der Waals surface area contributed by atoms with E-state index in [2.05, 4.69) is 11.8 Å². The molecule has 0 aliphatic heterocycles. The van der Waals surface area contributed by atoms with Gasteiger partial charge >= 0.3 is 0 Å². The minimum absolute atomic E-state index is 0.134. The molecule has 2 aromatic rings. The molecule has 0 saturated heterocycles. The van der Waals surface area contributed by atoms with Crippen molar-refractivity contribution in [3.05, 3.63) is 56.3 Å². The summed E-state index contributed by atoms with van der Waals surface area (Å²) in [5.41, 5.74) is 0.997. The first-order chi connectivity index (χ1) is 9.70. The molecule has 1 aromatic carbocycles. The van der Waals surface area contributed by atoms with Gasteiger partial charge in [-0.2, -0.15) is 0 Å². The van der Waals surface area contributed by atoms with Crippen molar-refractivity contribution in [1.29, 1.82) is 0 Å². The summed E-state index contributed by atoms with van der Waals surface area (Å²) in [5, 5.41) is 21.5.